The molecule has 2 heteroatoms. The molecular formula is C48H34N2. The molecule has 0 bridgehead atoms. The van der Waals surface area contributed by atoms with E-state index in [2.05, 4.69) is 216 Å². The molecule has 8 aromatic carbocycles. The van der Waals surface area contributed by atoms with Crippen LogP contribution in [-0.2, 0) is 0 Å². The molecule has 1 heterocycles. The van der Waals surface area contributed by atoms with Gasteiger partial charge in [-0.3, -0.25) is 0 Å². The van der Waals surface area contributed by atoms with Gasteiger partial charge in [-0.25, -0.2) is 0 Å². The summed E-state index contributed by atoms with van der Waals surface area (Å²) in [4.78, 5) is 2.36. The van der Waals surface area contributed by atoms with E-state index in [-0.39, 0.29) is 0 Å². The monoisotopic (exact) mass is 638 g/mol. The third-order valence-corrected chi connectivity index (χ3v) is 9.57. The Morgan fingerprint density at radius 2 is 0.740 bits per heavy atom. The summed E-state index contributed by atoms with van der Waals surface area (Å²) in [5.74, 6) is 0. The van der Waals surface area contributed by atoms with Crippen molar-refractivity contribution < 1.29 is 0 Å². The number of benzene rings is 8. The number of rotatable bonds is 7. The predicted octanol–water partition coefficient (Wildman–Crippen LogP) is 13.3. The molecule has 0 saturated carbocycles. The molecule has 0 atom stereocenters. The molecule has 0 aliphatic rings. The molecule has 50 heavy (non-hydrogen) atoms. The Hall–Kier alpha value is -6.64. The van der Waals surface area contributed by atoms with Crippen LogP contribution in [0.2, 0.25) is 0 Å². The van der Waals surface area contributed by atoms with Crippen molar-refractivity contribution in [3.05, 3.63) is 206 Å². The first-order valence-corrected chi connectivity index (χ1v) is 17.1. The maximum absolute atomic E-state index is 2.40. The molecular weight excluding hydrogens is 605 g/mol. The van der Waals surface area contributed by atoms with E-state index >= 15 is 0 Å². The molecule has 9 rings (SSSR count). The topological polar surface area (TPSA) is 8.17 Å². The molecule has 0 spiro atoms. The molecule has 0 unspecified atom stereocenters. The van der Waals surface area contributed by atoms with Crippen molar-refractivity contribution >= 4 is 38.9 Å². The van der Waals surface area contributed by atoms with Crippen molar-refractivity contribution in [1.29, 1.82) is 0 Å². The molecule has 2 nitrogen and oxygen atoms in total. The lowest BCUT2D eigenvalue weighted by Crippen LogP contribution is -2.10. The van der Waals surface area contributed by atoms with Gasteiger partial charge in [0.25, 0.3) is 0 Å². The van der Waals surface area contributed by atoms with Crippen molar-refractivity contribution in [3.8, 4) is 39.1 Å². The first-order valence-electron chi connectivity index (χ1n) is 17.1. The van der Waals surface area contributed by atoms with Crippen molar-refractivity contribution in [2.24, 2.45) is 0 Å². The maximum Gasteiger partial charge on any atom is 0.0547 e. The van der Waals surface area contributed by atoms with Crippen LogP contribution in [0.3, 0.4) is 0 Å². The Morgan fingerprint density at radius 1 is 0.280 bits per heavy atom. The fourth-order valence-electron chi connectivity index (χ4n) is 7.17. The van der Waals surface area contributed by atoms with E-state index in [1.807, 2.05) is 0 Å². The number of para-hydroxylation sites is 1. The summed E-state index contributed by atoms with van der Waals surface area (Å²) >= 11 is 0. The van der Waals surface area contributed by atoms with Crippen LogP contribution < -0.4 is 4.90 Å². The van der Waals surface area contributed by atoms with Gasteiger partial charge >= 0.3 is 0 Å². The number of hydrogen-bond acceptors (Lipinski definition) is 1. The van der Waals surface area contributed by atoms with Gasteiger partial charge in [0, 0.05) is 33.5 Å². The van der Waals surface area contributed by atoms with Crippen LogP contribution in [-0.4, -0.2) is 4.57 Å². The first kappa shape index (κ1) is 29.5. The largest absolute Gasteiger partial charge is 0.310 e. The number of nitrogens with zero attached hydrogens (tertiary/aromatic N) is 2. The van der Waals surface area contributed by atoms with Crippen molar-refractivity contribution in [3.63, 3.8) is 0 Å². The third-order valence-electron chi connectivity index (χ3n) is 9.57. The Labute approximate surface area is 292 Å². The molecule has 1 aromatic heterocycles. The predicted molar refractivity (Wildman–Crippen MR) is 212 cm³/mol. The smallest absolute Gasteiger partial charge is 0.0547 e. The Kier molecular flexibility index (Phi) is 7.53. The standard InChI is InChI=1S/C48H34N2/c1-4-14-35(15-5-1)38-20-12-22-43(32-38)49(44-23-13-21-39(33-44)36-16-6-2-7-17-36)41-27-29-42(30-28-41)50-47-25-11-10-24-45(47)46-31-26-40(34-48(46)50)37-18-8-3-9-19-37/h1-34H. The molecule has 0 aliphatic heterocycles. The highest BCUT2D eigenvalue weighted by Gasteiger charge is 2.17. The van der Waals surface area contributed by atoms with E-state index in [1.165, 1.54) is 55.2 Å². The minimum atomic E-state index is 1.09. The molecule has 0 aliphatic carbocycles. The van der Waals surface area contributed by atoms with E-state index in [4.69, 9.17) is 0 Å². The second-order valence-corrected chi connectivity index (χ2v) is 12.6. The molecule has 0 fully saturated rings. The molecule has 0 saturated heterocycles. The number of aromatic nitrogens is 1. The van der Waals surface area contributed by atoms with Crippen molar-refractivity contribution in [2.75, 3.05) is 4.90 Å². The summed E-state index contributed by atoms with van der Waals surface area (Å²) in [6.07, 6.45) is 0. The van der Waals surface area contributed by atoms with Gasteiger partial charge in [0.05, 0.1) is 11.0 Å². The maximum atomic E-state index is 2.40. The van der Waals surface area contributed by atoms with Crippen LogP contribution in [0.25, 0.3) is 60.9 Å². The van der Waals surface area contributed by atoms with Crippen molar-refractivity contribution in [2.45, 2.75) is 0 Å². The first-order chi connectivity index (χ1) is 24.8. The van der Waals surface area contributed by atoms with Gasteiger partial charge < -0.3 is 9.47 Å². The highest BCUT2D eigenvalue weighted by molar-refractivity contribution is 6.10. The fourth-order valence-corrected chi connectivity index (χ4v) is 7.17. The Balaban J connectivity index is 1.19. The summed E-state index contributed by atoms with van der Waals surface area (Å²) in [6, 6.07) is 74.1. The summed E-state index contributed by atoms with van der Waals surface area (Å²) in [6.45, 7) is 0. The lowest BCUT2D eigenvalue weighted by molar-refractivity contribution is 1.17. The lowest BCUT2D eigenvalue weighted by Gasteiger charge is -2.27. The van der Waals surface area contributed by atoms with E-state index in [0.717, 1.165) is 22.7 Å². The second-order valence-electron chi connectivity index (χ2n) is 12.6. The van der Waals surface area contributed by atoms with Crippen LogP contribution in [0, 0.1) is 0 Å². The number of hydrogen-bond donors (Lipinski definition) is 0. The molecule has 9 aromatic rings. The minimum Gasteiger partial charge on any atom is -0.310 e. The van der Waals surface area contributed by atoms with E-state index < -0.39 is 0 Å². The Bertz CT molecular complexity index is 2480. The van der Waals surface area contributed by atoms with Gasteiger partial charge in [-0.1, -0.05) is 146 Å². The lowest BCUT2D eigenvalue weighted by atomic mass is 10.0. The fraction of sp³-hybridized carbons (Fsp3) is 0. The highest BCUT2D eigenvalue weighted by Crippen LogP contribution is 2.40. The summed E-state index contributed by atoms with van der Waals surface area (Å²) in [5, 5.41) is 2.50. The number of fused-ring (bicyclic) bond motifs is 3. The van der Waals surface area contributed by atoms with Gasteiger partial charge in [0.15, 0.2) is 0 Å². The Morgan fingerprint density at radius 3 is 1.30 bits per heavy atom. The van der Waals surface area contributed by atoms with Crippen LogP contribution in [0.15, 0.2) is 206 Å². The van der Waals surface area contributed by atoms with Gasteiger partial charge in [-0.2, -0.15) is 0 Å². The van der Waals surface area contributed by atoms with Gasteiger partial charge in [-0.15, -0.1) is 0 Å². The van der Waals surface area contributed by atoms with E-state index in [0.29, 0.717) is 0 Å². The quantitative estimate of drug-likeness (QED) is 0.169. The summed E-state index contributed by atoms with van der Waals surface area (Å²) in [5.41, 5.74) is 14.0. The second kappa shape index (κ2) is 12.8. The number of anilines is 3. The average Bonchev–Trinajstić information content (AvgIpc) is 3.53. The SMILES string of the molecule is c1ccc(-c2cccc(N(c3ccc(-n4c5ccccc5c5ccc(-c6ccccc6)cc54)cc3)c3cccc(-c4ccccc4)c3)c2)cc1. The summed E-state index contributed by atoms with van der Waals surface area (Å²) in [7, 11) is 0. The van der Waals surface area contributed by atoms with E-state index in [1.54, 1.807) is 0 Å². The van der Waals surface area contributed by atoms with Gasteiger partial charge in [0.1, 0.15) is 0 Å². The van der Waals surface area contributed by atoms with Gasteiger partial charge in [-0.05, 0) is 94.0 Å². The third kappa shape index (κ3) is 5.43. The van der Waals surface area contributed by atoms with Crippen LogP contribution in [0.1, 0.15) is 0 Å². The average molecular weight is 639 g/mol. The van der Waals surface area contributed by atoms with Crippen LogP contribution in [0.5, 0.6) is 0 Å². The normalized spacial score (nSPS) is 11.2. The van der Waals surface area contributed by atoms with Crippen LogP contribution in [0.4, 0.5) is 17.1 Å². The van der Waals surface area contributed by atoms with E-state index in [9.17, 15) is 0 Å². The zero-order valence-corrected chi connectivity index (χ0v) is 27.5. The molecule has 236 valence electrons. The summed E-state index contributed by atoms with van der Waals surface area (Å²) < 4.78 is 2.40. The zero-order valence-electron chi connectivity index (χ0n) is 27.5. The van der Waals surface area contributed by atoms with Crippen LogP contribution >= 0.6 is 0 Å². The zero-order chi connectivity index (χ0) is 33.3. The molecule has 0 radical (unpaired) electrons. The molecule has 0 amide bonds. The minimum absolute atomic E-state index is 1.09. The van der Waals surface area contributed by atoms with Crippen molar-refractivity contribution in [1.82, 2.24) is 4.57 Å². The van der Waals surface area contributed by atoms with Gasteiger partial charge in [0.2, 0.25) is 0 Å². The highest BCUT2D eigenvalue weighted by atomic mass is 15.1. The molecule has 0 N–H and O–H groups in total.